The Morgan fingerprint density at radius 3 is 2.50 bits per heavy atom. The Labute approximate surface area is 197 Å². The average Bonchev–Trinajstić information content (AvgIpc) is 2.79. The number of nitrogens with one attached hydrogen (secondary N) is 1. The van der Waals surface area contributed by atoms with E-state index < -0.39 is 66.5 Å². The molecule has 1 amide bonds. The normalized spacial score (nSPS) is 23.0. The van der Waals surface area contributed by atoms with Crippen LogP contribution in [0.25, 0.3) is 0 Å². The van der Waals surface area contributed by atoms with E-state index in [4.69, 9.17) is 18.9 Å². The van der Waals surface area contributed by atoms with E-state index in [1.54, 1.807) is 33.8 Å². The van der Waals surface area contributed by atoms with E-state index in [1.807, 2.05) is 0 Å². The van der Waals surface area contributed by atoms with Crippen LogP contribution in [0.5, 0.6) is 5.75 Å². The number of aromatic nitrogens is 1. The molecule has 0 aliphatic carbocycles. The molecule has 1 aromatic rings. The Morgan fingerprint density at radius 1 is 1.24 bits per heavy atom. The van der Waals surface area contributed by atoms with Crippen molar-refractivity contribution in [3.8, 4) is 5.75 Å². The van der Waals surface area contributed by atoms with E-state index in [9.17, 15) is 24.0 Å². The van der Waals surface area contributed by atoms with Crippen LogP contribution in [-0.4, -0.2) is 59.6 Å². The lowest BCUT2D eigenvalue weighted by atomic mass is 9.95. The molecular weight excluding hydrogens is 448 g/mol. The predicted molar refractivity (Wildman–Crippen MR) is 117 cm³/mol. The number of esters is 4. The Morgan fingerprint density at radius 2 is 1.91 bits per heavy atom. The van der Waals surface area contributed by atoms with Gasteiger partial charge in [0, 0.05) is 13.1 Å². The molecule has 0 radical (unpaired) electrons. The van der Waals surface area contributed by atoms with Crippen LogP contribution in [0.4, 0.5) is 0 Å². The minimum atomic E-state index is -1.37. The molecule has 1 saturated heterocycles. The highest BCUT2D eigenvalue weighted by Gasteiger charge is 2.41. The van der Waals surface area contributed by atoms with Crippen molar-refractivity contribution in [3.63, 3.8) is 0 Å². The molecule has 186 valence electrons. The Balaban J connectivity index is 2.28. The summed E-state index contributed by atoms with van der Waals surface area (Å²) in [5.74, 6) is -4.99. The van der Waals surface area contributed by atoms with Crippen LogP contribution >= 0.6 is 0 Å². The van der Waals surface area contributed by atoms with Crippen molar-refractivity contribution in [2.45, 2.75) is 66.2 Å². The zero-order valence-electron chi connectivity index (χ0n) is 20.1. The molecule has 11 nitrogen and oxygen atoms in total. The highest BCUT2D eigenvalue weighted by molar-refractivity contribution is 5.98. The standard InChI is InChI=1S/C23H30N2O9/c1-7-15-19(34-21(28)11(2)3)13(5)32-23(30)16(10-31-22(15)29)25-20(27)17-18(33-14(6)26)12(4)8-9-24-17/h8-9,11,13,15-16,19H,7,10H2,1-6H3,(H,25,27)/t13-,15+,16-,19-/m0/s1. The van der Waals surface area contributed by atoms with Crippen molar-refractivity contribution in [1.82, 2.24) is 10.3 Å². The monoisotopic (exact) mass is 478 g/mol. The van der Waals surface area contributed by atoms with Crippen LogP contribution < -0.4 is 10.1 Å². The second-order valence-electron chi connectivity index (χ2n) is 8.27. The molecule has 0 saturated carbocycles. The Kier molecular flexibility index (Phi) is 9.11. The van der Waals surface area contributed by atoms with Gasteiger partial charge in [0.05, 0.1) is 11.8 Å². The largest absolute Gasteiger partial charge is 0.463 e. The number of aryl methyl sites for hydroxylation is 1. The summed E-state index contributed by atoms with van der Waals surface area (Å²) in [6.07, 6.45) is -0.425. The minimum Gasteiger partial charge on any atom is -0.463 e. The lowest BCUT2D eigenvalue weighted by molar-refractivity contribution is -0.176. The van der Waals surface area contributed by atoms with Gasteiger partial charge in [-0.25, -0.2) is 9.78 Å². The van der Waals surface area contributed by atoms with E-state index in [1.165, 1.54) is 20.0 Å². The second kappa shape index (κ2) is 11.6. The van der Waals surface area contributed by atoms with Gasteiger partial charge in [-0.3, -0.25) is 19.2 Å². The zero-order chi connectivity index (χ0) is 25.6. The molecule has 0 unspecified atom stereocenters. The first-order valence-electron chi connectivity index (χ1n) is 11.0. The van der Waals surface area contributed by atoms with Crippen molar-refractivity contribution in [1.29, 1.82) is 0 Å². The molecule has 4 atom stereocenters. The maximum atomic E-state index is 12.9. The first-order valence-corrected chi connectivity index (χ1v) is 11.0. The third kappa shape index (κ3) is 6.52. The molecule has 0 bridgehead atoms. The van der Waals surface area contributed by atoms with E-state index in [-0.39, 0.29) is 17.9 Å². The van der Waals surface area contributed by atoms with Crippen molar-refractivity contribution in [3.05, 3.63) is 23.5 Å². The first-order chi connectivity index (χ1) is 16.0. The second-order valence-corrected chi connectivity index (χ2v) is 8.27. The Hall–Kier alpha value is -3.50. The molecule has 11 heteroatoms. The van der Waals surface area contributed by atoms with E-state index in [0.29, 0.717) is 5.56 Å². The topological polar surface area (TPSA) is 147 Å². The van der Waals surface area contributed by atoms with E-state index in [0.717, 1.165) is 0 Å². The first kappa shape index (κ1) is 26.7. The molecule has 1 fully saturated rings. The summed E-state index contributed by atoms with van der Waals surface area (Å²) in [4.78, 5) is 66.0. The molecule has 1 aromatic heterocycles. The number of carbonyl (C=O) groups is 5. The summed E-state index contributed by atoms with van der Waals surface area (Å²) in [5, 5.41) is 2.42. The van der Waals surface area contributed by atoms with Crippen LogP contribution in [0.15, 0.2) is 12.3 Å². The lowest BCUT2D eigenvalue weighted by Crippen LogP contribution is -2.47. The van der Waals surface area contributed by atoms with Crippen LogP contribution in [0.3, 0.4) is 0 Å². The summed E-state index contributed by atoms with van der Waals surface area (Å²) in [6, 6.07) is 0.180. The zero-order valence-corrected chi connectivity index (χ0v) is 20.1. The van der Waals surface area contributed by atoms with Crippen molar-refractivity contribution in [2.75, 3.05) is 6.61 Å². The molecule has 0 spiro atoms. The van der Waals surface area contributed by atoms with Gasteiger partial charge in [-0.15, -0.1) is 0 Å². The number of nitrogens with zero attached hydrogens (tertiary/aromatic N) is 1. The van der Waals surface area contributed by atoms with Gasteiger partial charge in [0.15, 0.2) is 23.6 Å². The van der Waals surface area contributed by atoms with Crippen LogP contribution in [-0.2, 0) is 33.4 Å². The maximum Gasteiger partial charge on any atom is 0.332 e. The SMILES string of the molecule is CC[C@H]1C(=O)OC[C@H](NC(=O)c2nccc(C)c2OC(C)=O)C(=O)O[C@@H](C)[C@@H]1OC(=O)C(C)C. The third-order valence-corrected chi connectivity index (χ3v) is 5.17. The molecule has 2 heterocycles. The molecule has 34 heavy (non-hydrogen) atoms. The van der Waals surface area contributed by atoms with Gasteiger partial charge in [0.1, 0.15) is 12.7 Å². The van der Waals surface area contributed by atoms with E-state index in [2.05, 4.69) is 10.3 Å². The van der Waals surface area contributed by atoms with Crippen LogP contribution in [0.1, 0.15) is 57.1 Å². The maximum absolute atomic E-state index is 12.9. The predicted octanol–water partition coefficient (Wildman–Crippen LogP) is 1.50. The number of cyclic esters (lactones) is 2. The molecule has 0 aromatic carbocycles. The minimum absolute atomic E-state index is 0.0546. The summed E-state index contributed by atoms with van der Waals surface area (Å²) in [6.45, 7) is 8.79. The fourth-order valence-electron chi connectivity index (χ4n) is 3.29. The van der Waals surface area contributed by atoms with Crippen LogP contribution in [0.2, 0.25) is 0 Å². The van der Waals surface area contributed by atoms with Gasteiger partial charge in [-0.05, 0) is 31.9 Å². The highest BCUT2D eigenvalue weighted by atomic mass is 16.6. The van der Waals surface area contributed by atoms with Gasteiger partial charge < -0.3 is 24.3 Å². The molecule has 1 aliphatic rings. The van der Waals surface area contributed by atoms with Gasteiger partial charge in [-0.1, -0.05) is 20.8 Å². The summed E-state index contributed by atoms with van der Waals surface area (Å²) < 4.78 is 21.3. The van der Waals surface area contributed by atoms with Crippen molar-refractivity contribution >= 4 is 29.8 Å². The third-order valence-electron chi connectivity index (χ3n) is 5.17. The fraction of sp³-hybridized carbons (Fsp3) is 0.565. The summed E-state index contributed by atoms with van der Waals surface area (Å²) >= 11 is 0. The quantitative estimate of drug-likeness (QED) is 0.471. The number of hydrogen-bond acceptors (Lipinski definition) is 10. The van der Waals surface area contributed by atoms with Gasteiger partial charge in [0.25, 0.3) is 5.91 Å². The number of carbonyl (C=O) groups excluding carboxylic acids is 5. The number of hydrogen-bond donors (Lipinski definition) is 1. The number of amides is 1. The lowest BCUT2D eigenvalue weighted by Gasteiger charge is -2.29. The van der Waals surface area contributed by atoms with E-state index >= 15 is 0 Å². The molecule has 1 aliphatic heterocycles. The Bertz CT molecular complexity index is 960. The smallest absolute Gasteiger partial charge is 0.332 e. The van der Waals surface area contributed by atoms with Gasteiger partial charge >= 0.3 is 23.9 Å². The average molecular weight is 478 g/mol. The number of ether oxygens (including phenoxy) is 4. The van der Waals surface area contributed by atoms with Gasteiger partial charge in [0.2, 0.25) is 0 Å². The van der Waals surface area contributed by atoms with Crippen molar-refractivity contribution in [2.24, 2.45) is 11.8 Å². The molecule has 2 rings (SSSR count). The number of pyridine rings is 1. The number of rotatable bonds is 6. The van der Waals surface area contributed by atoms with Crippen molar-refractivity contribution < 1.29 is 42.9 Å². The van der Waals surface area contributed by atoms with Gasteiger partial charge in [-0.2, -0.15) is 0 Å². The van der Waals surface area contributed by atoms with Crippen LogP contribution in [0, 0.1) is 18.8 Å². The molecular formula is C23H30N2O9. The highest BCUT2D eigenvalue weighted by Crippen LogP contribution is 2.24. The summed E-state index contributed by atoms with van der Waals surface area (Å²) in [5.41, 5.74) is 0.255. The molecule has 1 N–H and O–H groups in total. The summed E-state index contributed by atoms with van der Waals surface area (Å²) in [7, 11) is 0. The fourth-order valence-corrected chi connectivity index (χ4v) is 3.29.